The molecule has 0 radical (unpaired) electrons. The van der Waals surface area contributed by atoms with Crippen molar-refractivity contribution in [3.8, 4) is 0 Å². The smallest absolute Gasteiger partial charge is 0.253 e. The van der Waals surface area contributed by atoms with Gasteiger partial charge in [0.1, 0.15) is 0 Å². The Kier molecular flexibility index (Phi) is 4.63. The van der Waals surface area contributed by atoms with Crippen LogP contribution in [-0.2, 0) is 6.54 Å². The third-order valence-corrected chi connectivity index (χ3v) is 3.67. The lowest BCUT2D eigenvalue weighted by Crippen LogP contribution is -2.24. The van der Waals surface area contributed by atoms with Gasteiger partial charge in [-0.3, -0.25) is 4.79 Å². The molecular formula is C18H22N2O. The van der Waals surface area contributed by atoms with Crippen LogP contribution in [0.2, 0.25) is 0 Å². The normalized spacial score (nSPS) is 10.7. The number of benzene rings is 2. The second kappa shape index (κ2) is 6.44. The van der Waals surface area contributed by atoms with Gasteiger partial charge >= 0.3 is 0 Å². The number of nitrogens with two attached hydrogens (primary N) is 1. The molecule has 0 saturated heterocycles. The summed E-state index contributed by atoms with van der Waals surface area (Å²) >= 11 is 0. The standard InChI is InChI=1S/C18H22N2O/c1-12(2)15-9-7-14(8-10-15)11-20-18(21)16-6-4-5-13(3)17(16)19/h4-10,12H,11,19H2,1-3H3,(H,20,21). The number of anilines is 1. The van der Waals surface area contributed by atoms with Gasteiger partial charge in [0.2, 0.25) is 0 Å². The molecule has 1 amide bonds. The molecule has 0 unspecified atom stereocenters. The molecule has 0 bridgehead atoms. The third-order valence-electron chi connectivity index (χ3n) is 3.67. The molecule has 2 aromatic rings. The van der Waals surface area contributed by atoms with Crippen LogP contribution in [0.1, 0.15) is 46.8 Å². The summed E-state index contributed by atoms with van der Waals surface area (Å²) in [5.41, 5.74) is 10.3. The highest BCUT2D eigenvalue weighted by molar-refractivity contribution is 5.99. The molecule has 0 aromatic heterocycles. The topological polar surface area (TPSA) is 55.1 Å². The Morgan fingerprint density at radius 3 is 2.43 bits per heavy atom. The Morgan fingerprint density at radius 2 is 1.81 bits per heavy atom. The fourth-order valence-electron chi connectivity index (χ4n) is 2.18. The van der Waals surface area contributed by atoms with Crippen molar-refractivity contribution in [3.05, 3.63) is 64.7 Å². The highest BCUT2D eigenvalue weighted by Crippen LogP contribution is 2.17. The van der Waals surface area contributed by atoms with Gasteiger partial charge in [0.25, 0.3) is 5.91 Å². The van der Waals surface area contributed by atoms with Gasteiger partial charge in [-0.15, -0.1) is 0 Å². The summed E-state index contributed by atoms with van der Waals surface area (Å²) in [5, 5.41) is 2.91. The van der Waals surface area contributed by atoms with Crippen LogP contribution in [0.15, 0.2) is 42.5 Å². The van der Waals surface area contributed by atoms with Crippen molar-refractivity contribution in [3.63, 3.8) is 0 Å². The van der Waals surface area contributed by atoms with Crippen LogP contribution >= 0.6 is 0 Å². The van der Waals surface area contributed by atoms with Crippen molar-refractivity contribution in [2.75, 3.05) is 5.73 Å². The van der Waals surface area contributed by atoms with Gasteiger partial charge in [-0.05, 0) is 35.6 Å². The SMILES string of the molecule is Cc1cccc(C(=O)NCc2ccc(C(C)C)cc2)c1N. The highest BCUT2D eigenvalue weighted by Gasteiger charge is 2.10. The molecule has 0 saturated carbocycles. The Bertz CT molecular complexity index is 630. The first kappa shape index (κ1) is 15.1. The largest absolute Gasteiger partial charge is 0.398 e. The predicted molar refractivity (Wildman–Crippen MR) is 87.3 cm³/mol. The molecule has 0 spiro atoms. The van der Waals surface area contributed by atoms with E-state index in [1.165, 1.54) is 5.56 Å². The fraction of sp³-hybridized carbons (Fsp3) is 0.278. The Labute approximate surface area is 126 Å². The van der Waals surface area contributed by atoms with Gasteiger partial charge in [-0.25, -0.2) is 0 Å². The number of amides is 1. The Balaban J connectivity index is 2.02. The van der Waals surface area contributed by atoms with Crippen LogP contribution in [-0.4, -0.2) is 5.91 Å². The van der Waals surface area contributed by atoms with Crippen molar-refractivity contribution < 1.29 is 4.79 Å². The van der Waals surface area contributed by atoms with Crippen LogP contribution < -0.4 is 11.1 Å². The van der Waals surface area contributed by atoms with Crippen molar-refractivity contribution in [1.29, 1.82) is 0 Å². The molecule has 0 atom stereocenters. The highest BCUT2D eigenvalue weighted by atomic mass is 16.1. The zero-order valence-electron chi connectivity index (χ0n) is 12.8. The quantitative estimate of drug-likeness (QED) is 0.841. The first-order valence-corrected chi connectivity index (χ1v) is 7.21. The van der Waals surface area contributed by atoms with Crippen molar-refractivity contribution >= 4 is 11.6 Å². The van der Waals surface area contributed by atoms with E-state index in [4.69, 9.17) is 5.73 Å². The maximum Gasteiger partial charge on any atom is 0.253 e. The number of rotatable bonds is 4. The van der Waals surface area contributed by atoms with Crippen LogP contribution in [0.25, 0.3) is 0 Å². The molecule has 21 heavy (non-hydrogen) atoms. The molecular weight excluding hydrogens is 260 g/mol. The number of nitrogens with one attached hydrogen (secondary N) is 1. The molecule has 0 heterocycles. The molecule has 110 valence electrons. The summed E-state index contributed by atoms with van der Waals surface area (Å²) in [4.78, 5) is 12.2. The number of aryl methyl sites for hydroxylation is 1. The maximum atomic E-state index is 12.2. The average molecular weight is 282 g/mol. The van der Waals surface area contributed by atoms with Crippen LogP contribution in [0.5, 0.6) is 0 Å². The van der Waals surface area contributed by atoms with E-state index in [0.29, 0.717) is 23.7 Å². The molecule has 0 aliphatic carbocycles. The second-order valence-electron chi connectivity index (χ2n) is 5.62. The molecule has 3 heteroatoms. The minimum Gasteiger partial charge on any atom is -0.398 e. The van der Waals surface area contributed by atoms with E-state index in [1.807, 2.05) is 19.1 Å². The summed E-state index contributed by atoms with van der Waals surface area (Å²) in [5.74, 6) is 0.380. The van der Waals surface area contributed by atoms with Crippen LogP contribution in [0.4, 0.5) is 5.69 Å². The van der Waals surface area contributed by atoms with Gasteiger partial charge in [0, 0.05) is 12.2 Å². The van der Waals surface area contributed by atoms with Crippen molar-refractivity contribution in [1.82, 2.24) is 5.32 Å². The van der Waals surface area contributed by atoms with E-state index in [0.717, 1.165) is 11.1 Å². The predicted octanol–water partition coefficient (Wildman–Crippen LogP) is 3.63. The van der Waals surface area contributed by atoms with E-state index in [2.05, 4.69) is 43.4 Å². The second-order valence-corrected chi connectivity index (χ2v) is 5.62. The molecule has 2 aromatic carbocycles. The monoisotopic (exact) mass is 282 g/mol. The molecule has 0 aliphatic rings. The number of hydrogen-bond donors (Lipinski definition) is 2. The van der Waals surface area contributed by atoms with E-state index in [1.54, 1.807) is 6.07 Å². The molecule has 2 rings (SSSR count). The number of nitrogen functional groups attached to an aromatic ring is 1. The van der Waals surface area contributed by atoms with Gasteiger partial charge in [0.15, 0.2) is 0 Å². The minimum atomic E-state index is -0.135. The van der Waals surface area contributed by atoms with Gasteiger partial charge in [-0.2, -0.15) is 0 Å². The maximum absolute atomic E-state index is 12.2. The fourth-order valence-corrected chi connectivity index (χ4v) is 2.18. The molecule has 3 N–H and O–H groups in total. The number of carbonyl (C=O) groups is 1. The summed E-state index contributed by atoms with van der Waals surface area (Å²) in [6.45, 7) is 6.73. The summed E-state index contributed by atoms with van der Waals surface area (Å²) in [6, 6.07) is 13.8. The van der Waals surface area contributed by atoms with E-state index in [-0.39, 0.29) is 5.91 Å². The van der Waals surface area contributed by atoms with Crippen molar-refractivity contribution in [2.24, 2.45) is 0 Å². The van der Waals surface area contributed by atoms with Gasteiger partial charge in [0.05, 0.1) is 5.56 Å². The zero-order chi connectivity index (χ0) is 15.4. The first-order chi connectivity index (χ1) is 9.99. The van der Waals surface area contributed by atoms with E-state index >= 15 is 0 Å². The third kappa shape index (κ3) is 3.63. The lowest BCUT2D eigenvalue weighted by atomic mass is 10.0. The van der Waals surface area contributed by atoms with Gasteiger partial charge < -0.3 is 11.1 Å². The lowest BCUT2D eigenvalue weighted by molar-refractivity contribution is 0.0951. The van der Waals surface area contributed by atoms with Crippen LogP contribution in [0.3, 0.4) is 0 Å². The van der Waals surface area contributed by atoms with E-state index < -0.39 is 0 Å². The summed E-state index contributed by atoms with van der Waals surface area (Å²) in [6.07, 6.45) is 0. The minimum absolute atomic E-state index is 0.135. The summed E-state index contributed by atoms with van der Waals surface area (Å²) in [7, 11) is 0. The Hall–Kier alpha value is -2.29. The summed E-state index contributed by atoms with van der Waals surface area (Å²) < 4.78 is 0. The zero-order valence-corrected chi connectivity index (χ0v) is 12.8. The van der Waals surface area contributed by atoms with E-state index in [9.17, 15) is 4.79 Å². The number of carbonyl (C=O) groups excluding carboxylic acids is 1. The first-order valence-electron chi connectivity index (χ1n) is 7.21. The number of hydrogen-bond acceptors (Lipinski definition) is 2. The average Bonchev–Trinajstić information content (AvgIpc) is 2.48. The molecule has 3 nitrogen and oxygen atoms in total. The lowest BCUT2D eigenvalue weighted by Gasteiger charge is -2.10. The molecule has 0 fully saturated rings. The van der Waals surface area contributed by atoms with Crippen LogP contribution in [0, 0.1) is 6.92 Å². The molecule has 0 aliphatic heterocycles. The van der Waals surface area contributed by atoms with Crippen molar-refractivity contribution in [2.45, 2.75) is 33.2 Å². The van der Waals surface area contributed by atoms with Gasteiger partial charge in [-0.1, -0.05) is 50.2 Å². The Morgan fingerprint density at radius 1 is 1.14 bits per heavy atom. The number of para-hydroxylation sites is 1.